The van der Waals surface area contributed by atoms with Gasteiger partial charge in [-0.1, -0.05) is 42.5 Å². The molecule has 1 amide bonds. The molecule has 0 saturated carbocycles. The Hall–Kier alpha value is -2.13. The zero-order valence-electron chi connectivity index (χ0n) is 17.5. The van der Waals surface area contributed by atoms with Crippen LogP contribution < -0.4 is 10.0 Å². The first-order valence-corrected chi connectivity index (χ1v) is 13.4. The maximum absolute atomic E-state index is 12.9. The highest BCUT2D eigenvalue weighted by molar-refractivity contribution is 7.98. The van der Waals surface area contributed by atoms with E-state index in [4.69, 9.17) is 0 Å². The number of carbonyl (C=O) groups is 1. The summed E-state index contributed by atoms with van der Waals surface area (Å²) in [5.41, 5.74) is 2.08. The Balaban J connectivity index is 1.68. The highest BCUT2D eigenvalue weighted by Crippen LogP contribution is 2.28. The number of thioether (sulfide) groups is 1. The Kier molecular flexibility index (Phi) is 8.31. The molecule has 0 atom stereocenters. The predicted molar refractivity (Wildman–Crippen MR) is 129 cm³/mol. The van der Waals surface area contributed by atoms with E-state index in [-0.39, 0.29) is 24.2 Å². The molecule has 1 heterocycles. The van der Waals surface area contributed by atoms with Crippen molar-refractivity contribution in [3.8, 4) is 0 Å². The van der Waals surface area contributed by atoms with E-state index in [0.29, 0.717) is 11.1 Å². The molecule has 0 bridgehead atoms. The van der Waals surface area contributed by atoms with Crippen LogP contribution in [0.1, 0.15) is 40.2 Å². The molecule has 0 unspecified atom stereocenters. The van der Waals surface area contributed by atoms with Crippen LogP contribution in [0.5, 0.6) is 0 Å². The van der Waals surface area contributed by atoms with E-state index in [1.807, 2.05) is 53.9 Å². The molecule has 2 N–H and O–H groups in total. The summed E-state index contributed by atoms with van der Waals surface area (Å²) < 4.78 is 27.3. The summed E-state index contributed by atoms with van der Waals surface area (Å²) in [6.45, 7) is 3.84. The van der Waals surface area contributed by atoms with Gasteiger partial charge in [0.05, 0.1) is 11.3 Å². The summed E-state index contributed by atoms with van der Waals surface area (Å²) in [5, 5.41) is 5.00. The molecule has 0 radical (unpaired) electrons. The van der Waals surface area contributed by atoms with Crippen LogP contribution in [0.25, 0.3) is 0 Å². The van der Waals surface area contributed by atoms with Crippen LogP contribution in [0.3, 0.4) is 0 Å². The molecule has 8 heteroatoms. The Morgan fingerprint density at radius 1 is 1.00 bits per heavy atom. The van der Waals surface area contributed by atoms with E-state index in [1.54, 1.807) is 43.0 Å². The first kappa shape index (κ1) is 23.5. The topological polar surface area (TPSA) is 75.3 Å². The maximum atomic E-state index is 12.9. The lowest BCUT2D eigenvalue weighted by Gasteiger charge is -2.14. The fraction of sp³-hybridized carbons (Fsp3) is 0.261. The summed E-state index contributed by atoms with van der Waals surface area (Å²) in [5.74, 6) is 0.517. The van der Waals surface area contributed by atoms with E-state index in [9.17, 15) is 13.2 Å². The number of amides is 1. The zero-order valence-corrected chi connectivity index (χ0v) is 19.9. The van der Waals surface area contributed by atoms with Crippen LogP contribution in [0.15, 0.2) is 70.9 Å². The molecule has 0 saturated heterocycles. The van der Waals surface area contributed by atoms with Gasteiger partial charge in [0.15, 0.2) is 0 Å². The molecule has 1 aromatic heterocycles. The van der Waals surface area contributed by atoms with Gasteiger partial charge in [-0.25, -0.2) is 13.1 Å². The number of sulfonamides is 1. The number of hydrogen-bond donors (Lipinski definition) is 2. The van der Waals surface area contributed by atoms with Crippen molar-refractivity contribution in [2.24, 2.45) is 0 Å². The molecule has 0 aliphatic rings. The SMILES string of the molecule is CC(C)NS(=O)(=O)Cc1ccccc1CNC(=O)c1ccccc1SCc1cccs1. The van der Waals surface area contributed by atoms with Crippen molar-refractivity contribution in [3.05, 3.63) is 87.6 Å². The van der Waals surface area contributed by atoms with E-state index >= 15 is 0 Å². The van der Waals surface area contributed by atoms with Crippen molar-refractivity contribution < 1.29 is 13.2 Å². The first-order valence-electron chi connectivity index (χ1n) is 9.93. The smallest absolute Gasteiger partial charge is 0.252 e. The van der Waals surface area contributed by atoms with Gasteiger partial charge in [0, 0.05) is 28.1 Å². The highest BCUT2D eigenvalue weighted by atomic mass is 32.2. The van der Waals surface area contributed by atoms with Crippen molar-refractivity contribution in [1.29, 1.82) is 0 Å². The van der Waals surface area contributed by atoms with Gasteiger partial charge in [0.25, 0.3) is 5.91 Å². The number of hydrogen-bond acceptors (Lipinski definition) is 5. The summed E-state index contributed by atoms with van der Waals surface area (Å²) in [4.78, 5) is 15.1. The summed E-state index contributed by atoms with van der Waals surface area (Å²) in [6, 6.07) is 18.8. The minimum atomic E-state index is -3.45. The predicted octanol–water partition coefficient (Wildman–Crippen LogP) is 4.80. The molecular formula is C23H26N2O3S3. The van der Waals surface area contributed by atoms with Gasteiger partial charge >= 0.3 is 0 Å². The third-order valence-corrected chi connectivity index (χ3v) is 8.10. The van der Waals surface area contributed by atoms with Crippen LogP contribution in [-0.2, 0) is 28.1 Å². The number of benzene rings is 2. The second kappa shape index (κ2) is 10.9. The van der Waals surface area contributed by atoms with Gasteiger partial charge in [-0.2, -0.15) is 0 Å². The van der Waals surface area contributed by atoms with Crippen molar-refractivity contribution in [3.63, 3.8) is 0 Å². The molecule has 3 aromatic rings. The molecule has 0 fully saturated rings. The van der Waals surface area contributed by atoms with Crippen LogP contribution in [0.2, 0.25) is 0 Å². The fourth-order valence-electron chi connectivity index (χ4n) is 3.07. The lowest BCUT2D eigenvalue weighted by atomic mass is 10.1. The number of rotatable bonds is 10. The van der Waals surface area contributed by atoms with E-state index in [1.165, 1.54) is 4.88 Å². The molecular weight excluding hydrogens is 448 g/mol. The number of carbonyl (C=O) groups excluding carboxylic acids is 1. The average Bonchev–Trinajstić information content (AvgIpc) is 3.24. The molecule has 0 aliphatic heterocycles. The largest absolute Gasteiger partial charge is 0.348 e. The molecule has 5 nitrogen and oxygen atoms in total. The van der Waals surface area contributed by atoms with Crippen LogP contribution in [0, 0.1) is 0 Å². The van der Waals surface area contributed by atoms with Gasteiger partial charge in [0.1, 0.15) is 0 Å². The molecule has 164 valence electrons. The van der Waals surface area contributed by atoms with Gasteiger partial charge in [-0.3, -0.25) is 4.79 Å². The summed E-state index contributed by atoms with van der Waals surface area (Å²) in [7, 11) is -3.45. The zero-order chi connectivity index (χ0) is 22.3. The number of thiophene rings is 1. The average molecular weight is 475 g/mol. The molecule has 3 rings (SSSR count). The van der Waals surface area contributed by atoms with Crippen LogP contribution >= 0.6 is 23.1 Å². The minimum Gasteiger partial charge on any atom is -0.348 e. The van der Waals surface area contributed by atoms with Crippen molar-refractivity contribution >= 4 is 39.0 Å². The maximum Gasteiger partial charge on any atom is 0.252 e. The molecule has 31 heavy (non-hydrogen) atoms. The second-order valence-electron chi connectivity index (χ2n) is 7.35. The van der Waals surface area contributed by atoms with E-state index < -0.39 is 10.0 Å². The van der Waals surface area contributed by atoms with Crippen molar-refractivity contribution in [1.82, 2.24) is 10.0 Å². The van der Waals surface area contributed by atoms with Gasteiger partial charge < -0.3 is 5.32 Å². The Bertz CT molecular complexity index is 1110. The van der Waals surface area contributed by atoms with E-state index in [2.05, 4.69) is 16.1 Å². The normalized spacial score (nSPS) is 11.6. The second-order valence-corrected chi connectivity index (χ2v) is 11.2. The summed E-state index contributed by atoms with van der Waals surface area (Å²) >= 11 is 3.33. The fourth-order valence-corrected chi connectivity index (χ4v) is 6.39. The van der Waals surface area contributed by atoms with E-state index in [0.717, 1.165) is 16.2 Å². The molecule has 2 aromatic carbocycles. The van der Waals surface area contributed by atoms with Crippen LogP contribution in [-0.4, -0.2) is 20.4 Å². The number of nitrogens with one attached hydrogen (secondary N) is 2. The summed E-state index contributed by atoms with van der Waals surface area (Å²) in [6.07, 6.45) is 0. The van der Waals surface area contributed by atoms with Crippen molar-refractivity contribution in [2.45, 2.75) is 42.8 Å². The standard InChI is InChI=1S/C23H26N2O3S3/c1-17(2)25-31(27,28)16-19-9-4-3-8-18(19)14-24-23(26)21-11-5-6-12-22(21)30-15-20-10-7-13-29-20/h3-13,17,25H,14-16H2,1-2H3,(H,24,26). The third kappa shape index (κ3) is 7.21. The Morgan fingerprint density at radius 2 is 1.71 bits per heavy atom. The first-order chi connectivity index (χ1) is 14.8. The van der Waals surface area contributed by atoms with Gasteiger partial charge in [0.2, 0.25) is 10.0 Å². The van der Waals surface area contributed by atoms with Gasteiger partial charge in [-0.15, -0.1) is 23.1 Å². The Labute approximate surface area is 192 Å². The minimum absolute atomic E-state index is 0.121. The van der Waals surface area contributed by atoms with Crippen molar-refractivity contribution in [2.75, 3.05) is 0 Å². The lowest BCUT2D eigenvalue weighted by Crippen LogP contribution is -2.32. The monoisotopic (exact) mass is 474 g/mol. The quantitative estimate of drug-likeness (QED) is 0.414. The Morgan fingerprint density at radius 3 is 2.42 bits per heavy atom. The van der Waals surface area contributed by atoms with Gasteiger partial charge in [-0.05, 0) is 48.6 Å². The lowest BCUT2D eigenvalue weighted by molar-refractivity contribution is 0.0948. The highest BCUT2D eigenvalue weighted by Gasteiger charge is 2.16. The van der Waals surface area contributed by atoms with Crippen LogP contribution in [0.4, 0.5) is 0 Å². The molecule has 0 aliphatic carbocycles. The third-order valence-electron chi connectivity index (χ3n) is 4.40. The molecule has 0 spiro atoms.